The van der Waals surface area contributed by atoms with Gasteiger partial charge in [-0.05, 0) is 48.7 Å². The van der Waals surface area contributed by atoms with Gasteiger partial charge in [0.05, 0.1) is 12.0 Å². The number of nitrogens with zero attached hydrogens (tertiary/aromatic N) is 1. The second-order valence-corrected chi connectivity index (χ2v) is 7.82. The molecule has 0 saturated carbocycles. The summed E-state index contributed by atoms with van der Waals surface area (Å²) in [6, 6.07) is 13.5. The van der Waals surface area contributed by atoms with E-state index in [-0.39, 0.29) is 16.4 Å². The normalized spacial score (nSPS) is 11.5. The first kappa shape index (κ1) is 20.1. The van der Waals surface area contributed by atoms with Gasteiger partial charge in [-0.15, -0.1) is 0 Å². The summed E-state index contributed by atoms with van der Waals surface area (Å²) >= 11 is 0. The minimum Gasteiger partial charge on any atom is -0.322 e. The molecule has 0 aliphatic heterocycles. The summed E-state index contributed by atoms with van der Waals surface area (Å²) in [5.41, 5.74) is 2.14. The van der Waals surface area contributed by atoms with Crippen LogP contribution < -0.4 is 5.32 Å². The molecule has 0 radical (unpaired) electrons. The number of carbonyl (C=O) groups is 1. The third-order valence-corrected chi connectivity index (χ3v) is 5.70. The van der Waals surface area contributed by atoms with Crippen molar-refractivity contribution in [2.75, 3.05) is 19.5 Å². The molecule has 2 aromatic rings. The molecule has 0 atom stereocenters. The Hall–Kier alpha value is -2.22. The molecule has 2 rings (SSSR count). The lowest BCUT2D eigenvalue weighted by atomic mass is 10.1. The van der Waals surface area contributed by atoms with Crippen molar-refractivity contribution in [2.45, 2.75) is 31.1 Å². The van der Waals surface area contributed by atoms with Gasteiger partial charge in [-0.25, -0.2) is 8.42 Å². The Morgan fingerprint density at radius 3 is 2.46 bits per heavy atom. The first-order valence-corrected chi connectivity index (χ1v) is 9.86. The number of sulfonamides is 1. The highest BCUT2D eigenvalue weighted by molar-refractivity contribution is 7.89. The SMILES string of the molecule is CCCCc1ccc(NC(=O)c2cccc(S(=O)(=O)N(C)OC)c2)cc1. The van der Waals surface area contributed by atoms with Gasteiger partial charge < -0.3 is 5.32 Å². The lowest BCUT2D eigenvalue weighted by molar-refractivity contribution is -0.0258. The van der Waals surface area contributed by atoms with Gasteiger partial charge in [0.2, 0.25) is 0 Å². The van der Waals surface area contributed by atoms with Gasteiger partial charge in [-0.2, -0.15) is 0 Å². The molecule has 0 heterocycles. The molecular weight excluding hydrogens is 352 g/mol. The molecule has 0 fully saturated rings. The molecule has 140 valence electrons. The van der Waals surface area contributed by atoms with Crippen LogP contribution >= 0.6 is 0 Å². The second kappa shape index (κ2) is 8.93. The van der Waals surface area contributed by atoms with E-state index in [1.807, 2.05) is 24.3 Å². The third-order valence-electron chi connectivity index (χ3n) is 4.02. The largest absolute Gasteiger partial charge is 0.322 e. The molecule has 2 aromatic carbocycles. The minimum atomic E-state index is -3.80. The van der Waals surface area contributed by atoms with Crippen LogP contribution in [0.2, 0.25) is 0 Å². The monoisotopic (exact) mass is 376 g/mol. The van der Waals surface area contributed by atoms with Gasteiger partial charge >= 0.3 is 0 Å². The standard InChI is InChI=1S/C19H24N2O4S/c1-4-5-7-15-10-12-17(13-11-15)20-19(22)16-8-6-9-18(14-16)26(23,24)21(2)25-3/h6,8-14H,4-5,7H2,1-3H3,(H,20,22). The Labute approximate surface area is 154 Å². The zero-order valence-corrected chi connectivity index (χ0v) is 16.0. The van der Waals surface area contributed by atoms with Crippen LogP contribution in [-0.2, 0) is 21.3 Å². The van der Waals surface area contributed by atoms with Crippen molar-refractivity contribution in [1.82, 2.24) is 4.47 Å². The van der Waals surface area contributed by atoms with E-state index in [9.17, 15) is 13.2 Å². The number of hydrogen-bond donors (Lipinski definition) is 1. The highest BCUT2D eigenvalue weighted by Crippen LogP contribution is 2.18. The summed E-state index contributed by atoms with van der Waals surface area (Å²) in [5, 5.41) is 2.78. The Morgan fingerprint density at radius 2 is 1.85 bits per heavy atom. The van der Waals surface area contributed by atoms with Crippen molar-refractivity contribution in [2.24, 2.45) is 0 Å². The molecule has 1 amide bonds. The first-order chi connectivity index (χ1) is 12.4. The van der Waals surface area contributed by atoms with Gasteiger partial charge in [0, 0.05) is 18.3 Å². The average molecular weight is 376 g/mol. The molecule has 1 N–H and O–H groups in total. The van der Waals surface area contributed by atoms with E-state index in [1.54, 1.807) is 6.07 Å². The van der Waals surface area contributed by atoms with Crippen LogP contribution in [0.5, 0.6) is 0 Å². The van der Waals surface area contributed by atoms with Gasteiger partial charge in [0.1, 0.15) is 0 Å². The van der Waals surface area contributed by atoms with Crippen molar-refractivity contribution < 1.29 is 18.0 Å². The van der Waals surface area contributed by atoms with Crippen molar-refractivity contribution >= 4 is 21.6 Å². The van der Waals surface area contributed by atoms with Crippen molar-refractivity contribution in [3.8, 4) is 0 Å². The molecule has 0 bridgehead atoms. The average Bonchev–Trinajstić information content (AvgIpc) is 2.66. The van der Waals surface area contributed by atoms with Gasteiger partial charge in [-0.1, -0.05) is 36.0 Å². The van der Waals surface area contributed by atoms with Crippen LogP contribution in [0.15, 0.2) is 53.4 Å². The number of carbonyl (C=O) groups excluding carboxylic acids is 1. The molecular formula is C19H24N2O4S. The van der Waals surface area contributed by atoms with Crippen LogP contribution in [0.1, 0.15) is 35.7 Å². The predicted molar refractivity (Wildman–Crippen MR) is 101 cm³/mol. The van der Waals surface area contributed by atoms with E-state index in [2.05, 4.69) is 12.2 Å². The van der Waals surface area contributed by atoms with Crippen LogP contribution in [0.4, 0.5) is 5.69 Å². The smallest absolute Gasteiger partial charge is 0.264 e. The second-order valence-electron chi connectivity index (χ2n) is 5.88. The number of benzene rings is 2. The van der Waals surface area contributed by atoms with E-state index in [4.69, 9.17) is 4.84 Å². The first-order valence-electron chi connectivity index (χ1n) is 8.42. The highest BCUT2D eigenvalue weighted by atomic mass is 32.2. The minimum absolute atomic E-state index is 0.00980. The van der Waals surface area contributed by atoms with Crippen LogP contribution in [0.25, 0.3) is 0 Å². The number of amides is 1. The van der Waals surface area contributed by atoms with E-state index < -0.39 is 10.0 Å². The summed E-state index contributed by atoms with van der Waals surface area (Å²) in [7, 11) is -1.25. The maximum Gasteiger partial charge on any atom is 0.264 e. The molecule has 0 aromatic heterocycles. The highest BCUT2D eigenvalue weighted by Gasteiger charge is 2.21. The van der Waals surface area contributed by atoms with Crippen LogP contribution in [-0.4, -0.2) is 33.0 Å². The van der Waals surface area contributed by atoms with Crippen molar-refractivity contribution in [3.05, 3.63) is 59.7 Å². The Bertz CT molecular complexity index is 848. The molecule has 0 aliphatic rings. The quantitative estimate of drug-likeness (QED) is 0.716. The zero-order valence-electron chi connectivity index (χ0n) is 15.2. The number of unbranched alkanes of at least 4 members (excludes halogenated alkanes) is 1. The number of aryl methyl sites for hydroxylation is 1. The van der Waals surface area contributed by atoms with Crippen molar-refractivity contribution in [1.29, 1.82) is 0 Å². The molecule has 0 spiro atoms. The molecule has 0 saturated heterocycles. The lowest BCUT2D eigenvalue weighted by Crippen LogP contribution is -2.26. The van der Waals surface area contributed by atoms with E-state index >= 15 is 0 Å². The fourth-order valence-electron chi connectivity index (χ4n) is 2.38. The van der Waals surface area contributed by atoms with Crippen molar-refractivity contribution in [3.63, 3.8) is 0 Å². The molecule has 0 unspecified atom stereocenters. The van der Waals surface area contributed by atoms with Gasteiger partial charge in [-0.3, -0.25) is 9.63 Å². The number of hydroxylamine groups is 1. The summed E-state index contributed by atoms with van der Waals surface area (Å²) < 4.78 is 25.3. The lowest BCUT2D eigenvalue weighted by Gasteiger charge is -2.14. The number of rotatable bonds is 8. The molecule has 6 nitrogen and oxygen atoms in total. The molecule has 26 heavy (non-hydrogen) atoms. The summed E-state index contributed by atoms with van der Waals surface area (Å²) in [5.74, 6) is -0.372. The zero-order chi connectivity index (χ0) is 19.2. The summed E-state index contributed by atoms with van der Waals surface area (Å²) in [6.45, 7) is 2.15. The van der Waals surface area contributed by atoms with E-state index in [1.165, 1.54) is 37.9 Å². The third kappa shape index (κ3) is 4.91. The van der Waals surface area contributed by atoms with E-state index in [0.717, 1.165) is 23.7 Å². The van der Waals surface area contributed by atoms with E-state index in [0.29, 0.717) is 5.69 Å². The maximum atomic E-state index is 12.4. The van der Waals surface area contributed by atoms with Gasteiger partial charge in [0.25, 0.3) is 15.9 Å². The fourth-order valence-corrected chi connectivity index (χ4v) is 3.40. The Morgan fingerprint density at radius 1 is 1.15 bits per heavy atom. The molecule has 0 aliphatic carbocycles. The number of anilines is 1. The van der Waals surface area contributed by atoms with Gasteiger partial charge in [0.15, 0.2) is 0 Å². The Balaban J connectivity index is 2.14. The van der Waals surface area contributed by atoms with Crippen LogP contribution in [0.3, 0.4) is 0 Å². The maximum absolute atomic E-state index is 12.4. The number of nitrogens with one attached hydrogen (secondary N) is 1. The number of hydrogen-bond acceptors (Lipinski definition) is 4. The molecule has 7 heteroatoms. The topological polar surface area (TPSA) is 75.7 Å². The predicted octanol–water partition coefficient (Wildman–Crippen LogP) is 3.46. The summed E-state index contributed by atoms with van der Waals surface area (Å²) in [4.78, 5) is 17.2. The van der Waals surface area contributed by atoms with Crippen LogP contribution in [0, 0.1) is 0 Å². The summed E-state index contributed by atoms with van der Waals surface area (Å²) in [6.07, 6.45) is 3.27. The fraction of sp³-hybridized carbons (Fsp3) is 0.316. The Kier molecular flexibility index (Phi) is 6.90.